The third kappa shape index (κ3) is 4.45. The molecule has 0 spiro atoms. The maximum atomic E-state index is 11.4. The Balaban J connectivity index is 2.86. The Morgan fingerprint density at radius 1 is 1.11 bits per heavy atom. The molecule has 0 saturated carbocycles. The molecule has 1 aromatic carbocycles. The third-order valence-electron chi connectivity index (χ3n) is 2.33. The molecule has 3 heteroatoms. The molecule has 0 amide bonds. The van der Waals surface area contributed by atoms with Gasteiger partial charge in [0.05, 0.1) is 14.2 Å². The summed E-state index contributed by atoms with van der Waals surface area (Å²) in [5, 5.41) is 0. The van der Waals surface area contributed by atoms with E-state index in [9.17, 15) is 4.79 Å². The van der Waals surface area contributed by atoms with Crippen LogP contribution in [-0.4, -0.2) is 20.0 Å². The van der Waals surface area contributed by atoms with Gasteiger partial charge in [-0.05, 0) is 36.3 Å². The lowest BCUT2D eigenvalue weighted by atomic mass is 10.1. The van der Waals surface area contributed by atoms with Crippen LogP contribution < -0.4 is 9.47 Å². The number of methoxy groups -OCH3 is 2. The zero-order valence-corrected chi connectivity index (χ0v) is 11.0. The number of ketones is 1. The van der Waals surface area contributed by atoms with Gasteiger partial charge in [0.1, 0.15) is 11.5 Å². The van der Waals surface area contributed by atoms with E-state index in [-0.39, 0.29) is 5.78 Å². The van der Waals surface area contributed by atoms with Crippen molar-refractivity contribution < 1.29 is 14.3 Å². The second-order valence-corrected chi connectivity index (χ2v) is 3.69. The van der Waals surface area contributed by atoms with Gasteiger partial charge in [0, 0.05) is 6.07 Å². The van der Waals surface area contributed by atoms with Crippen LogP contribution in [-0.2, 0) is 4.79 Å². The van der Waals surface area contributed by atoms with Gasteiger partial charge in [-0.25, -0.2) is 0 Å². The molecule has 0 bridgehead atoms. The van der Waals surface area contributed by atoms with E-state index in [0.29, 0.717) is 11.5 Å². The molecule has 0 aliphatic heterocycles. The van der Waals surface area contributed by atoms with Crippen molar-refractivity contribution in [1.29, 1.82) is 0 Å². The number of rotatable bonds is 6. The molecule has 0 atom stereocenters. The minimum Gasteiger partial charge on any atom is -0.497 e. The summed E-state index contributed by atoms with van der Waals surface area (Å²) in [6.45, 7) is 1.99. The molecule has 1 rings (SSSR count). The highest BCUT2D eigenvalue weighted by Gasteiger charge is 1.99. The fourth-order valence-corrected chi connectivity index (χ4v) is 1.39. The Morgan fingerprint density at radius 3 is 2.22 bits per heavy atom. The highest BCUT2D eigenvalue weighted by molar-refractivity contribution is 6.02. The van der Waals surface area contributed by atoms with Crippen molar-refractivity contribution in [3.05, 3.63) is 42.0 Å². The predicted molar refractivity (Wildman–Crippen MR) is 73.0 cm³/mol. The van der Waals surface area contributed by atoms with Gasteiger partial charge in [0.25, 0.3) is 0 Å². The molecule has 0 aliphatic rings. The van der Waals surface area contributed by atoms with Crippen molar-refractivity contribution in [2.45, 2.75) is 13.3 Å². The van der Waals surface area contributed by atoms with E-state index in [1.165, 1.54) is 6.08 Å². The second-order valence-electron chi connectivity index (χ2n) is 3.69. The van der Waals surface area contributed by atoms with Crippen LogP contribution in [0.2, 0.25) is 0 Å². The van der Waals surface area contributed by atoms with Crippen molar-refractivity contribution in [3.8, 4) is 11.5 Å². The number of hydrogen-bond donors (Lipinski definition) is 0. The summed E-state index contributed by atoms with van der Waals surface area (Å²) in [5.41, 5.74) is 0.865. The molecular weight excluding hydrogens is 228 g/mol. The van der Waals surface area contributed by atoms with Crippen LogP contribution in [0.25, 0.3) is 6.08 Å². The van der Waals surface area contributed by atoms with Gasteiger partial charge in [-0.3, -0.25) is 4.79 Å². The number of allylic oxidation sites excluding steroid dienone is 3. The monoisotopic (exact) mass is 246 g/mol. The van der Waals surface area contributed by atoms with E-state index < -0.39 is 0 Å². The summed E-state index contributed by atoms with van der Waals surface area (Å²) in [5.74, 6) is 1.37. The van der Waals surface area contributed by atoms with E-state index in [1.807, 2.05) is 25.1 Å². The molecule has 0 N–H and O–H groups in total. The number of ether oxygens (including phenoxy) is 2. The molecule has 0 fully saturated rings. The first-order chi connectivity index (χ1) is 8.69. The Morgan fingerprint density at radius 2 is 1.72 bits per heavy atom. The summed E-state index contributed by atoms with van der Waals surface area (Å²) >= 11 is 0. The molecule has 3 nitrogen and oxygen atoms in total. The topological polar surface area (TPSA) is 35.5 Å². The first-order valence-corrected chi connectivity index (χ1v) is 5.81. The fraction of sp³-hybridized carbons (Fsp3) is 0.267. The average molecular weight is 246 g/mol. The number of carbonyl (C=O) groups excluding carboxylic acids is 1. The zero-order chi connectivity index (χ0) is 13.4. The quantitative estimate of drug-likeness (QED) is 0.723. The van der Waals surface area contributed by atoms with E-state index in [0.717, 1.165) is 12.0 Å². The largest absolute Gasteiger partial charge is 0.497 e. The van der Waals surface area contributed by atoms with E-state index in [2.05, 4.69) is 0 Å². The maximum Gasteiger partial charge on any atom is 0.178 e. The minimum absolute atomic E-state index is 0.0290. The van der Waals surface area contributed by atoms with Crippen molar-refractivity contribution in [1.82, 2.24) is 0 Å². The highest BCUT2D eigenvalue weighted by atomic mass is 16.5. The van der Waals surface area contributed by atoms with Gasteiger partial charge in [-0.1, -0.05) is 19.1 Å². The van der Waals surface area contributed by atoms with Crippen molar-refractivity contribution in [2.24, 2.45) is 0 Å². The molecule has 1 aromatic rings. The summed E-state index contributed by atoms with van der Waals surface area (Å²) in [4.78, 5) is 11.4. The molecule has 0 aliphatic carbocycles. The molecule has 0 saturated heterocycles. The van der Waals surface area contributed by atoms with E-state index >= 15 is 0 Å². The molecule has 0 aromatic heterocycles. The van der Waals surface area contributed by atoms with Crippen LogP contribution >= 0.6 is 0 Å². The van der Waals surface area contributed by atoms with Gasteiger partial charge in [-0.15, -0.1) is 0 Å². The van der Waals surface area contributed by atoms with Gasteiger partial charge < -0.3 is 9.47 Å². The number of benzene rings is 1. The number of carbonyl (C=O) groups is 1. The van der Waals surface area contributed by atoms with Gasteiger partial charge in [0.2, 0.25) is 0 Å². The smallest absolute Gasteiger partial charge is 0.178 e. The minimum atomic E-state index is -0.0290. The van der Waals surface area contributed by atoms with Crippen molar-refractivity contribution in [2.75, 3.05) is 14.2 Å². The Hall–Kier alpha value is -2.03. The summed E-state index contributed by atoms with van der Waals surface area (Å²) in [7, 11) is 3.19. The van der Waals surface area contributed by atoms with Crippen LogP contribution in [0.1, 0.15) is 18.9 Å². The fourth-order valence-electron chi connectivity index (χ4n) is 1.39. The third-order valence-corrected chi connectivity index (χ3v) is 2.33. The molecule has 96 valence electrons. The van der Waals surface area contributed by atoms with Crippen molar-refractivity contribution in [3.63, 3.8) is 0 Å². The zero-order valence-electron chi connectivity index (χ0n) is 11.0. The van der Waals surface area contributed by atoms with Crippen LogP contribution in [0.3, 0.4) is 0 Å². The Bertz CT molecular complexity index is 437. The molecular formula is C15H18O3. The number of hydrogen-bond acceptors (Lipinski definition) is 3. The van der Waals surface area contributed by atoms with E-state index in [4.69, 9.17) is 9.47 Å². The molecule has 0 unspecified atom stereocenters. The van der Waals surface area contributed by atoms with Crippen LogP contribution in [0.15, 0.2) is 36.4 Å². The lowest BCUT2D eigenvalue weighted by molar-refractivity contribution is -0.110. The first-order valence-electron chi connectivity index (χ1n) is 5.81. The first kappa shape index (κ1) is 14.0. The Labute approximate surface area is 108 Å². The van der Waals surface area contributed by atoms with Crippen LogP contribution in [0.5, 0.6) is 11.5 Å². The standard InChI is InChI=1S/C15H18O3/c1-4-5-6-13(16)8-7-12-9-14(17-2)11-15(10-12)18-3/h5-11H,4H2,1-3H3/b6-5+,8-7+. The normalized spacial score (nSPS) is 11.1. The van der Waals surface area contributed by atoms with E-state index in [1.54, 1.807) is 32.4 Å². The lowest BCUT2D eigenvalue weighted by Crippen LogP contribution is -1.89. The summed E-state index contributed by atoms with van der Waals surface area (Å²) < 4.78 is 10.3. The van der Waals surface area contributed by atoms with Crippen LogP contribution in [0, 0.1) is 0 Å². The average Bonchev–Trinajstić information content (AvgIpc) is 2.42. The predicted octanol–water partition coefficient (Wildman–Crippen LogP) is 3.25. The van der Waals surface area contributed by atoms with Crippen molar-refractivity contribution >= 4 is 11.9 Å². The lowest BCUT2D eigenvalue weighted by Gasteiger charge is -2.05. The van der Waals surface area contributed by atoms with Gasteiger partial charge in [0.15, 0.2) is 5.78 Å². The molecule has 0 radical (unpaired) electrons. The molecule has 0 heterocycles. The summed E-state index contributed by atoms with van der Waals surface area (Å²) in [6.07, 6.45) is 7.52. The van der Waals surface area contributed by atoms with Crippen LogP contribution in [0.4, 0.5) is 0 Å². The Kier molecular flexibility index (Phi) is 5.71. The highest BCUT2D eigenvalue weighted by Crippen LogP contribution is 2.23. The summed E-state index contributed by atoms with van der Waals surface area (Å²) in [6, 6.07) is 5.47. The molecule has 18 heavy (non-hydrogen) atoms. The van der Waals surface area contributed by atoms with Gasteiger partial charge >= 0.3 is 0 Å². The SMILES string of the molecule is CC/C=C/C(=O)/C=C/c1cc(OC)cc(OC)c1. The van der Waals surface area contributed by atoms with Gasteiger partial charge in [-0.2, -0.15) is 0 Å². The maximum absolute atomic E-state index is 11.4. The second kappa shape index (κ2) is 7.33.